The number of hydrogen-bond acceptors (Lipinski definition) is 8. The molecule has 1 aliphatic heterocycles. The monoisotopic (exact) mass is 308 g/mol. The van der Waals surface area contributed by atoms with Crippen LogP contribution in [-0.2, 0) is 10.8 Å². The minimum absolute atomic E-state index is 0.235. The molecule has 0 aromatic carbocycles. The summed E-state index contributed by atoms with van der Waals surface area (Å²) < 4.78 is 12.9. The Bertz CT molecular complexity index is 621. The smallest absolute Gasteiger partial charge is 0.258 e. The van der Waals surface area contributed by atoms with Crippen molar-refractivity contribution in [3.8, 4) is 5.95 Å². The molecule has 1 saturated heterocycles. The molecule has 2 N–H and O–H groups in total. The van der Waals surface area contributed by atoms with Crippen LogP contribution in [0.2, 0.25) is 0 Å². The lowest BCUT2D eigenvalue weighted by atomic mass is 10.2. The molecule has 0 spiro atoms. The molecular weight excluding hydrogens is 292 g/mol. The average Bonchev–Trinajstić information content (AvgIpc) is 3.04. The molecule has 0 radical (unpaired) electrons. The van der Waals surface area contributed by atoms with E-state index in [9.17, 15) is 4.21 Å². The second-order valence-electron chi connectivity index (χ2n) is 4.64. The highest BCUT2D eigenvalue weighted by Crippen LogP contribution is 2.15. The maximum atomic E-state index is 11.4. The van der Waals surface area contributed by atoms with Gasteiger partial charge in [-0.05, 0) is 12.8 Å². The minimum atomic E-state index is -0.681. The summed E-state index contributed by atoms with van der Waals surface area (Å²) in [5, 5.41) is 10.2. The fraction of sp³-hybridized carbons (Fsp3) is 0.545. The van der Waals surface area contributed by atoms with E-state index in [2.05, 4.69) is 35.7 Å². The molecule has 0 aliphatic carbocycles. The van der Waals surface area contributed by atoms with E-state index in [1.807, 2.05) is 0 Å². The lowest BCUT2D eigenvalue weighted by Crippen LogP contribution is -2.30. The van der Waals surface area contributed by atoms with Gasteiger partial charge in [-0.3, -0.25) is 4.21 Å². The summed E-state index contributed by atoms with van der Waals surface area (Å²) >= 11 is 0. The van der Waals surface area contributed by atoms with Gasteiger partial charge in [0.15, 0.2) is 0 Å². The molecule has 1 aliphatic rings. The van der Waals surface area contributed by atoms with E-state index < -0.39 is 10.8 Å². The highest BCUT2D eigenvalue weighted by atomic mass is 32.2. The van der Waals surface area contributed by atoms with Crippen LogP contribution in [0.5, 0.6) is 0 Å². The van der Waals surface area contributed by atoms with Crippen LogP contribution in [0.1, 0.15) is 12.8 Å². The second kappa shape index (κ2) is 6.12. The Morgan fingerprint density at radius 3 is 2.67 bits per heavy atom. The summed E-state index contributed by atoms with van der Waals surface area (Å²) in [6.45, 7) is 0. The number of hydrogen-bond donors (Lipinski definition) is 2. The van der Waals surface area contributed by atoms with E-state index in [0.717, 1.165) is 24.3 Å². The SMILES string of the molecule is CNc1nc(NC2CCS(=O)CC2)nc(-n2cncn2)n1. The van der Waals surface area contributed by atoms with E-state index in [1.165, 1.54) is 17.3 Å². The summed E-state index contributed by atoms with van der Waals surface area (Å²) in [4.78, 5) is 16.8. The zero-order valence-electron chi connectivity index (χ0n) is 11.6. The fourth-order valence-corrected chi connectivity index (χ4v) is 3.37. The normalized spacial score (nSPS) is 22.0. The third-order valence-corrected chi connectivity index (χ3v) is 4.57. The molecule has 0 saturated carbocycles. The topological polar surface area (TPSA) is 111 Å². The summed E-state index contributed by atoms with van der Waals surface area (Å²) in [7, 11) is 1.06. The molecule has 0 amide bonds. The molecule has 9 nitrogen and oxygen atoms in total. The van der Waals surface area contributed by atoms with Crippen LogP contribution >= 0.6 is 0 Å². The largest absolute Gasteiger partial charge is 0.357 e. The van der Waals surface area contributed by atoms with Gasteiger partial charge in [0.25, 0.3) is 5.95 Å². The second-order valence-corrected chi connectivity index (χ2v) is 6.34. The summed E-state index contributed by atoms with van der Waals surface area (Å²) in [6, 6.07) is 0.235. The van der Waals surface area contributed by atoms with Gasteiger partial charge in [0.1, 0.15) is 12.7 Å². The van der Waals surface area contributed by atoms with E-state index in [-0.39, 0.29) is 6.04 Å². The van der Waals surface area contributed by atoms with Gasteiger partial charge in [0, 0.05) is 35.4 Å². The van der Waals surface area contributed by atoms with Gasteiger partial charge >= 0.3 is 0 Å². The highest BCUT2D eigenvalue weighted by Gasteiger charge is 2.19. The van der Waals surface area contributed by atoms with Gasteiger partial charge in [-0.2, -0.15) is 24.7 Å². The molecule has 0 bridgehead atoms. The van der Waals surface area contributed by atoms with Crippen LogP contribution < -0.4 is 10.6 Å². The van der Waals surface area contributed by atoms with Crippen molar-refractivity contribution in [3.63, 3.8) is 0 Å². The standard InChI is InChI=1S/C11H16N8OS/c1-12-9-16-10(15-8-2-4-21(20)5-3-8)18-11(17-9)19-7-13-6-14-19/h6-8H,2-5H2,1H3,(H2,12,15,16,17,18). The van der Waals surface area contributed by atoms with Gasteiger partial charge < -0.3 is 10.6 Å². The average molecular weight is 308 g/mol. The lowest BCUT2D eigenvalue weighted by Gasteiger charge is -2.22. The van der Waals surface area contributed by atoms with Gasteiger partial charge in [0.05, 0.1) is 0 Å². The zero-order chi connectivity index (χ0) is 14.7. The Labute approximate surface area is 124 Å². The van der Waals surface area contributed by atoms with Crippen molar-refractivity contribution >= 4 is 22.7 Å². The van der Waals surface area contributed by atoms with Crippen LogP contribution in [0.15, 0.2) is 12.7 Å². The third kappa shape index (κ3) is 3.32. The maximum absolute atomic E-state index is 11.4. The maximum Gasteiger partial charge on any atom is 0.258 e. The van der Waals surface area contributed by atoms with Crippen molar-refractivity contribution < 1.29 is 4.21 Å². The first-order chi connectivity index (χ1) is 10.2. The Hall–Kier alpha value is -2.10. The molecule has 2 aromatic rings. The minimum Gasteiger partial charge on any atom is -0.357 e. The first-order valence-corrected chi connectivity index (χ1v) is 8.14. The number of nitrogens with one attached hydrogen (secondary N) is 2. The number of anilines is 2. The molecule has 112 valence electrons. The van der Waals surface area contributed by atoms with Crippen LogP contribution in [0.4, 0.5) is 11.9 Å². The number of nitrogens with zero attached hydrogens (tertiary/aromatic N) is 6. The molecule has 1 fully saturated rings. The zero-order valence-corrected chi connectivity index (χ0v) is 12.4. The Balaban J connectivity index is 1.81. The quantitative estimate of drug-likeness (QED) is 0.800. The summed E-state index contributed by atoms with van der Waals surface area (Å²) in [5.41, 5.74) is 0. The molecule has 3 rings (SSSR count). The van der Waals surface area contributed by atoms with Crippen molar-refractivity contribution in [3.05, 3.63) is 12.7 Å². The number of aromatic nitrogens is 6. The Morgan fingerprint density at radius 1 is 1.24 bits per heavy atom. The van der Waals surface area contributed by atoms with Crippen molar-refractivity contribution in [1.82, 2.24) is 29.7 Å². The van der Waals surface area contributed by atoms with E-state index in [4.69, 9.17) is 0 Å². The van der Waals surface area contributed by atoms with Gasteiger partial charge in [-0.1, -0.05) is 0 Å². The molecule has 3 heterocycles. The van der Waals surface area contributed by atoms with E-state index >= 15 is 0 Å². The van der Waals surface area contributed by atoms with E-state index in [1.54, 1.807) is 7.05 Å². The van der Waals surface area contributed by atoms with Crippen molar-refractivity contribution in [1.29, 1.82) is 0 Å². The third-order valence-electron chi connectivity index (χ3n) is 3.19. The predicted octanol–water partition coefficient (Wildman–Crippen LogP) is -0.183. The first kappa shape index (κ1) is 13.9. The molecule has 0 unspecified atom stereocenters. The van der Waals surface area contributed by atoms with Gasteiger partial charge in [-0.15, -0.1) is 0 Å². The lowest BCUT2D eigenvalue weighted by molar-refractivity contribution is 0.619. The predicted molar refractivity (Wildman–Crippen MR) is 78.8 cm³/mol. The molecule has 10 heteroatoms. The van der Waals surface area contributed by atoms with Crippen molar-refractivity contribution in [2.24, 2.45) is 0 Å². The Kier molecular flexibility index (Phi) is 4.04. The molecule has 0 atom stereocenters. The van der Waals surface area contributed by atoms with E-state index in [0.29, 0.717) is 17.8 Å². The summed E-state index contributed by atoms with van der Waals surface area (Å²) in [6.07, 6.45) is 4.66. The van der Waals surface area contributed by atoms with Crippen LogP contribution in [0, 0.1) is 0 Å². The molecule has 2 aromatic heterocycles. The van der Waals surface area contributed by atoms with Crippen LogP contribution in [-0.4, -0.2) is 58.5 Å². The van der Waals surface area contributed by atoms with Gasteiger partial charge in [-0.25, -0.2) is 4.98 Å². The molecule has 21 heavy (non-hydrogen) atoms. The van der Waals surface area contributed by atoms with Crippen molar-refractivity contribution in [2.75, 3.05) is 29.2 Å². The van der Waals surface area contributed by atoms with Crippen molar-refractivity contribution in [2.45, 2.75) is 18.9 Å². The number of rotatable bonds is 4. The fourth-order valence-electron chi connectivity index (χ4n) is 2.08. The highest BCUT2D eigenvalue weighted by molar-refractivity contribution is 7.85. The van der Waals surface area contributed by atoms with Crippen LogP contribution in [0.25, 0.3) is 5.95 Å². The molecular formula is C11H16N8OS. The Morgan fingerprint density at radius 2 is 2.00 bits per heavy atom. The summed E-state index contributed by atoms with van der Waals surface area (Å²) in [5.74, 6) is 2.78. The van der Waals surface area contributed by atoms with Gasteiger partial charge in [0.2, 0.25) is 11.9 Å². The first-order valence-electron chi connectivity index (χ1n) is 6.65. The van der Waals surface area contributed by atoms with Crippen LogP contribution in [0.3, 0.4) is 0 Å².